The van der Waals surface area contributed by atoms with E-state index in [0.29, 0.717) is 26.2 Å². The number of ether oxygens (including phenoxy) is 2. The molecule has 0 fully saturated rings. The van der Waals surface area contributed by atoms with E-state index < -0.39 is 0 Å². The molecule has 1 unspecified atom stereocenters. The quantitative estimate of drug-likeness (QED) is 0.359. The number of para-hydroxylation sites is 1. The monoisotopic (exact) mass is 519 g/mol. The zero-order valence-electron chi connectivity index (χ0n) is 21.5. The van der Waals surface area contributed by atoms with Gasteiger partial charge in [0.2, 0.25) is 5.43 Å². The normalized spacial score (nSPS) is 17.6. The molecule has 196 valence electrons. The zero-order valence-corrected chi connectivity index (χ0v) is 21.5. The van der Waals surface area contributed by atoms with E-state index in [2.05, 4.69) is 23.2 Å². The van der Waals surface area contributed by atoms with Gasteiger partial charge >= 0.3 is 0 Å². The Kier molecular flexibility index (Phi) is 6.87. The third-order valence-electron chi connectivity index (χ3n) is 7.04. The summed E-state index contributed by atoms with van der Waals surface area (Å²) in [6.45, 7) is 1.44. The lowest BCUT2D eigenvalue weighted by Crippen LogP contribution is -2.55. The van der Waals surface area contributed by atoms with Crippen molar-refractivity contribution in [2.24, 2.45) is 0 Å². The van der Waals surface area contributed by atoms with Gasteiger partial charge in [0.05, 0.1) is 0 Å². The molecule has 0 aliphatic carbocycles. The first-order chi connectivity index (χ1) is 19.2. The molecule has 3 aromatic carbocycles. The van der Waals surface area contributed by atoms with Crippen LogP contribution in [0.15, 0.2) is 114 Å². The van der Waals surface area contributed by atoms with E-state index in [9.17, 15) is 9.59 Å². The van der Waals surface area contributed by atoms with Gasteiger partial charge in [-0.05, 0) is 23.6 Å². The number of fused-ring (bicyclic) bond motifs is 5. The van der Waals surface area contributed by atoms with E-state index in [1.807, 2.05) is 78.9 Å². The molecule has 4 aromatic rings. The molecule has 0 N–H and O–H groups in total. The molecule has 39 heavy (non-hydrogen) atoms. The first kappa shape index (κ1) is 24.6. The molecule has 0 saturated heterocycles. The van der Waals surface area contributed by atoms with E-state index >= 15 is 0 Å². The third kappa shape index (κ3) is 4.91. The molecule has 0 radical (unpaired) electrons. The lowest BCUT2D eigenvalue weighted by Gasteiger charge is -2.44. The number of amides is 1. The topological polar surface area (TPSA) is 64.0 Å². The summed E-state index contributed by atoms with van der Waals surface area (Å²) in [4.78, 5) is 28.9. The van der Waals surface area contributed by atoms with E-state index in [1.54, 1.807) is 15.8 Å². The second-order valence-electron chi connectivity index (χ2n) is 9.55. The van der Waals surface area contributed by atoms with Crippen molar-refractivity contribution in [2.45, 2.75) is 19.1 Å². The van der Waals surface area contributed by atoms with Crippen LogP contribution in [0.25, 0.3) is 0 Å². The number of carbonyl (C=O) groups is 1. The molecule has 2 aliphatic heterocycles. The van der Waals surface area contributed by atoms with E-state index in [1.165, 1.54) is 6.07 Å². The summed E-state index contributed by atoms with van der Waals surface area (Å²) >= 11 is 0. The number of rotatable bonds is 4. The van der Waals surface area contributed by atoms with Crippen LogP contribution in [0.4, 0.5) is 0 Å². The highest BCUT2D eigenvalue weighted by Gasteiger charge is 2.37. The number of nitrogens with zero attached hydrogens (tertiary/aromatic N) is 3. The minimum atomic E-state index is -0.326. The predicted molar refractivity (Wildman–Crippen MR) is 150 cm³/mol. The number of aromatic nitrogens is 1. The van der Waals surface area contributed by atoms with Gasteiger partial charge in [0, 0.05) is 24.4 Å². The highest BCUT2D eigenvalue weighted by Crippen LogP contribution is 2.37. The summed E-state index contributed by atoms with van der Waals surface area (Å²) in [5, 5.41) is 2.11. The molecule has 6 rings (SSSR count). The first-order valence-corrected chi connectivity index (χ1v) is 13.1. The Morgan fingerprint density at radius 1 is 0.846 bits per heavy atom. The number of pyridine rings is 1. The van der Waals surface area contributed by atoms with Crippen LogP contribution in [0.2, 0.25) is 0 Å². The molecule has 1 amide bonds. The van der Waals surface area contributed by atoms with Gasteiger partial charge in [0.1, 0.15) is 31.7 Å². The first-order valence-electron chi connectivity index (χ1n) is 13.1. The Morgan fingerprint density at radius 3 is 2.41 bits per heavy atom. The molecule has 7 nitrogen and oxygen atoms in total. The number of hydrogen-bond donors (Lipinski definition) is 0. The van der Waals surface area contributed by atoms with Crippen LogP contribution >= 0.6 is 0 Å². The Hall–Kier alpha value is -4.78. The summed E-state index contributed by atoms with van der Waals surface area (Å²) in [5.74, 6) is 0.594. The summed E-state index contributed by atoms with van der Waals surface area (Å²) in [5.41, 5.74) is 2.81. The lowest BCUT2D eigenvalue weighted by molar-refractivity contribution is 0.0679. The molecule has 2 bridgehead atoms. The van der Waals surface area contributed by atoms with Gasteiger partial charge < -0.3 is 14.4 Å². The zero-order chi connectivity index (χ0) is 26.6. The van der Waals surface area contributed by atoms with Gasteiger partial charge in [0.25, 0.3) is 5.91 Å². The van der Waals surface area contributed by atoms with Crippen molar-refractivity contribution in [3.05, 3.63) is 142 Å². The Balaban J connectivity index is 1.53. The standard InChI is InChI=1S/C32H29N3O4/c36-27-18-20-34-30(31(27)39-22-24-12-4-1-5-13-24)32(37)33-19-10-3-11-21-38-28-17-9-8-16-26(28)29(35(34)23-33)25-14-6-2-7-15-25/h1-9,11-18,20,29H,10,19,21-23H2/b11-3+. The molecule has 7 heteroatoms. The Bertz CT molecular complexity index is 1550. The number of benzene rings is 3. The highest BCUT2D eigenvalue weighted by molar-refractivity contribution is 5.96. The van der Waals surface area contributed by atoms with Gasteiger partial charge in [-0.25, -0.2) is 0 Å². The van der Waals surface area contributed by atoms with E-state index in [-0.39, 0.29) is 35.4 Å². The van der Waals surface area contributed by atoms with Crippen LogP contribution in [-0.4, -0.2) is 35.3 Å². The maximum absolute atomic E-state index is 13.9. The molecule has 1 atom stereocenters. The number of carbonyl (C=O) groups excluding carboxylic acids is 1. The Labute approximate surface area is 227 Å². The second kappa shape index (κ2) is 10.9. The average molecular weight is 520 g/mol. The van der Waals surface area contributed by atoms with Crippen molar-refractivity contribution in [3.63, 3.8) is 0 Å². The summed E-state index contributed by atoms with van der Waals surface area (Å²) < 4.78 is 14.1. The van der Waals surface area contributed by atoms with E-state index in [4.69, 9.17) is 9.47 Å². The Morgan fingerprint density at radius 2 is 1.59 bits per heavy atom. The fourth-order valence-electron chi connectivity index (χ4n) is 5.16. The highest BCUT2D eigenvalue weighted by atomic mass is 16.5. The minimum absolute atomic E-state index is 0.0556. The smallest absolute Gasteiger partial charge is 0.277 e. The fraction of sp³-hybridized carbons (Fsp3) is 0.188. The minimum Gasteiger partial charge on any atom is -0.489 e. The molecular weight excluding hydrogens is 490 g/mol. The molecule has 0 saturated carbocycles. The van der Waals surface area contributed by atoms with Crippen LogP contribution in [0.1, 0.15) is 39.6 Å². The SMILES string of the molecule is O=C1c2c(OCc3ccccc3)c(=O)ccn2N2CN1CC/C=C/COc1ccccc1C2c1ccccc1. The van der Waals surface area contributed by atoms with Crippen LogP contribution in [-0.2, 0) is 6.61 Å². The van der Waals surface area contributed by atoms with Crippen molar-refractivity contribution in [3.8, 4) is 11.5 Å². The summed E-state index contributed by atoms with van der Waals surface area (Å²) in [7, 11) is 0. The number of hydrogen-bond acceptors (Lipinski definition) is 5. The predicted octanol–water partition coefficient (Wildman–Crippen LogP) is 4.91. The molecule has 1 aromatic heterocycles. The maximum atomic E-state index is 13.9. The van der Waals surface area contributed by atoms with Gasteiger partial charge in [-0.15, -0.1) is 0 Å². The van der Waals surface area contributed by atoms with Crippen LogP contribution in [0, 0.1) is 0 Å². The second-order valence-corrected chi connectivity index (χ2v) is 9.55. The van der Waals surface area contributed by atoms with Gasteiger partial charge in [0.15, 0.2) is 11.4 Å². The molecular formula is C32H29N3O4. The summed E-state index contributed by atoms with van der Waals surface area (Å²) in [6, 6.07) is 28.9. The van der Waals surface area contributed by atoms with E-state index in [0.717, 1.165) is 22.4 Å². The van der Waals surface area contributed by atoms with Crippen molar-refractivity contribution in [1.29, 1.82) is 0 Å². The summed E-state index contributed by atoms with van der Waals surface area (Å²) in [6.07, 6.45) is 6.34. The van der Waals surface area contributed by atoms with Crippen LogP contribution in [0.3, 0.4) is 0 Å². The molecule has 0 spiro atoms. The third-order valence-corrected chi connectivity index (χ3v) is 7.04. The largest absolute Gasteiger partial charge is 0.489 e. The van der Waals surface area contributed by atoms with Gasteiger partial charge in [-0.2, -0.15) is 0 Å². The molecule has 2 aliphatic rings. The average Bonchev–Trinajstić information content (AvgIpc) is 2.97. The van der Waals surface area contributed by atoms with Crippen LogP contribution < -0.4 is 19.9 Å². The van der Waals surface area contributed by atoms with Crippen molar-refractivity contribution in [1.82, 2.24) is 9.58 Å². The lowest BCUT2D eigenvalue weighted by atomic mass is 9.97. The van der Waals surface area contributed by atoms with Crippen molar-refractivity contribution < 1.29 is 14.3 Å². The van der Waals surface area contributed by atoms with Gasteiger partial charge in [-0.1, -0.05) is 91.0 Å². The fourth-order valence-corrected chi connectivity index (χ4v) is 5.16. The van der Waals surface area contributed by atoms with Crippen molar-refractivity contribution in [2.75, 3.05) is 24.8 Å². The maximum Gasteiger partial charge on any atom is 0.277 e. The van der Waals surface area contributed by atoms with Crippen LogP contribution in [0.5, 0.6) is 11.5 Å². The van der Waals surface area contributed by atoms with Gasteiger partial charge in [-0.3, -0.25) is 19.3 Å². The van der Waals surface area contributed by atoms with Crippen molar-refractivity contribution >= 4 is 5.91 Å². The molecule has 3 heterocycles.